The molecule has 0 radical (unpaired) electrons. The number of hydrogen-bond acceptors (Lipinski definition) is 6. The van der Waals surface area contributed by atoms with Crippen LogP contribution in [0.5, 0.6) is 0 Å². The van der Waals surface area contributed by atoms with Crippen LogP contribution in [0.15, 0.2) is 35.6 Å². The normalized spacial score (nSPS) is 15.6. The number of benzene rings is 1. The SMILES string of the molecule is Cc1ccc(S(=O)(=O)N2CCN(C(=O)Cn3cnc([N+](=O)[O-])c3)CC2)cc1C. The lowest BCUT2D eigenvalue weighted by Crippen LogP contribution is -2.51. The molecule has 1 saturated heterocycles. The van der Waals surface area contributed by atoms with Crippen molar-refractivity contribution in [2.45, 2.75) is 25.3 Å². The van der Waals surface area contributed by atoms with Gasteiger partial charge in [-0.3, -0.25) is 4.79 Å². The second-order valence-electron chi connectivity index (χ2n) is 6.69. The maximum atomic E-state index is 12.8. The number of amides is 1. The number of nitro groups is 1. The third kappa shape index (κ3) is 4.04. The molecule has 1 aromatic heterocycles. The minimum atomic E-state index is -3.61. The molecule has 0 unspecified atom stereocenters. The van der Waals surface area contributed by atoms with Gasteiger partial charge in [0, 0.05) is 26.2 Å². The summed E-state index contributed by atoms with van der Waals surface area (Å²) < 4.78 is 28.4. The van der Waals surface area contributed by atoms with Crippen LogP contribution in [0.3, 0.4) is 0 Å². The Kier molecular flexibility index (Phi) is 5.47. The molecule has 10 nitrogen and oxygen atoms in total. The van der Waals surface area contributed by atoms with Gasteiger partial charge >= 0.3 is 5.82 Å². The quantitative estimate of drug-likeness (QED) is 0.538. The second kappa shape index (κ2) is 7.68. The summed E-state index contributed by atoms with van der Waals surface area (Å²) in [4.78, 5) is 27.8. The van der Waals surface area contributed by atoms with Crippen LogP contribution >= 0.6 is 0 Å². The number of carbonyl (C=O) groups excluding carboxylic acids is 1. The Hall–Kier alpha value is -2.79. The molecule has 0 atom stereocenters. The Morgan fingerprint density at radius 1 is 1.18 bits per heavy atom. The Morgan fingerprint density at radius 2 is 1.86 bits per heavy atom. The second-order valence-corrected chi connectivity index (χ2v) is 8.63. The summed E-state index contributed by atoms with van der Waals surface area (Å²) in [5.74, 6) is -0.562. The fourth-order valence-corrected chi connectivity index (χ4v) is 4.49. The van der Waals surface area contributed by atoms with E-state index in [1.54, 1.807) is 23.1 Å². The molecule has 1 aliphatic rings. The molecule has 2 aromatic rings. The molecule has 2 heterocycles. The first-order valence-corrected chi connectivity index (χ1v) is 10.1. The summed E-state index contributed by atoms with van der Waals surface area (Å²) in [6.45, 7) is 4.64. The Labute approximate surface area is 162 Å². The summed E-state index contributed by atoms with van der Waals surface area (Å²) >= 11 is 0. The molecule has 3 rings (SSSR count). The van der Waals surface area contributed by atoms with E-state index in [-0.39, 0.29) is 49.3 Å². The van der Waals surface area contributed by atoms with Crippen LogP contribution < -0.4 is 0 Å². The molecule has 0 N–H and O–H groups in total. The van der Waals surface area contributed by atoms with E-state index >= 15 is 0 Å². The largest absolute Gasteiger partial charge is 0.381 e. The van der Waals surface area contributed by atoms with Gasteiger partial charge in [-0.15, -0.1) is 0 Å². The van der Waals surface area contributed by atoms with Gasteiger partial charge < -0.3 is 19.6 Å². The Balaban J connectivity index is 1.62. The van der Waals surface area contributed by atoms with Gasteiger partial charge in [-0.25, -0.2) is 8.42 Å². The standard InChI is InChI=1S/C17H21N5O5S/c1-13-3-4-15(9-14(13)2)28(26,27)21-7-5-20(6-8-21)17(23)11-19-10-16(18-12-19)22(24)25/h3-4,9-10,12H,5-8,11H2,1-2H3. The number of hydrogen-bond donors (Lipinski definition) is 0. The van der Waals surface area contributed by atoms with Crippen molar-refractivity contribution < 1.29 is 18.1 Å². The molecule has 1 aromatic carbocycles. The van der Waals surface area contributed by atoms with E-state index in [4.69, 9.17) is 0 Å². The third-order valence-electron chi connectivity index (χ3n) is 4.83. The molecular weight excluding hydrogens is 386 g/mol. The summed E-state index contributed by atoms with van der Waals surface area (Å²) in [5, 5.41) is 10.7. The number of nitrogens with zero attached hydrogens (tertiary/aromatic N) is 5. The van der Waals surface area contributed by atoms with Crippen molar-refractivity contribution in [3.63, 3.8) is 0 Å². The third-order valence-corrected chi connectivity index (χ3v) is 6.73. The first kappa shape index (κ1) is 20.0. The molecule has 28 heavy (non-hydrogen) atoms. The minimum absolute atomic E-state index is 0.0786. The number of imidazole rings is 1. The average molecular weight is 407 g/mol. The van der Waals surface area contributed by atoms with Gasteiger partial charge in [0.1, 0.15) is 12.7 Å². The monoisotopic (exact) mass is 407 g/mol. The number of aromatic nitrogens is 2. The molecule has 1 aliphatic heterocycles. The summed E-state index contributed by atoms with van der Waals surface area (Å²) in [7, 11) is -3.61. The van der Waals surface area contributed by atoms with Gasteiger partial charge in [0.2, 0.25) is 22.3 Å². The van der Waals surface area contributed by atoms with Crippen molar-refractivity contribution in [3.05, 3.63) is 52.0 Å². The lowest BCUT2D eigenvalue weighted by atomic mass is 10.1. The number of sulfonamides is 1. The summed E-state index contributed by atoms with van der Waals surface area (Å²) in [6.07, 6.45) is 2.43. The van der Waals surface area contributed by atoms with Crippen LogP contribution in [0.2, 0.25) is 0 Å². The number of piperazine rings is 1. The van der Waals surface area contributed by atoms with E-state index in [0.29, 0.717) is 0 Å². The van der Waals surface area contributed by atoms with Crippen LogP contribution in [0.4, 0.5) is 5.82 Å². The number of carbonyl (C=O) groups is 1. The topological polar surface area (TPSA) is 119 Å². The van der Waals surface area contributed by atoms with Crippen molar-refractivity contribution in [1.29, 1.82) is 0 Å². The van der Waals surface area contributed by atoms with E-state index in [1.807, 2.05) is 13.8 Å². The predicted molar refractivity (Wildman–Crippen MR) is 100 cm³/mol. The lowest BCUT2D eigenvalue weighted by molar-refractivity contribution is -0.389. The maximum Gasteiger partial charge on any atom is 0.381 e. The van der Waals surface area contributed by atoms with Crippen LogP contribution in [0, 0.1) is 24.0 Å². The number of aryl methyl sites for hydroxylation is 2. The van der Waals surface area contributed by atoms with Crippen molar-refractivity contribution >= 4 is 21.7 Å². The van der Waals surface area contributed by atoms with Crippen LogP contribution in [-0.4, -0.2) is 64.2 Å². The highest BCUT2D eigenvalue weighted by Gasteiger charge is 2.30. The summed E-state index contributed by atoms with van der Waals surface area (Å²) in [5.41, 5.74) is 1.93. The van der Waals surface area contributed by atoms with E-state index < -0.39 is 14.9 Å². The molecule has 1 amide bonds. The summed E-state index contributed by atoms with van der Waals surface area (Å²) in [6, 6.07) is 5.04. The average Bonchev–Trinajstić information content (AvgIpc) is 3.13. The fraction of sp³-hybridized carbons (Fsp3) is 0.412. The molecular formula is C17H21N5O5S. The van der Waals surface area contributed by atoms with Crippen LogP contribution in [0.25, 0.3) is 0 Å². The predicted octanol–water partition coefficient (Wildman–Crippen LogP) is 0.941. The molecule has 0 spiro atoms. The zero-order valence-corrected chi connectivity index (χ0v) is 16.4. The van der Waals surface area contributed by atoms with E-state index in [1.165, 1.54) is 21.4 Å². The lowest BCUT2D eigenvalue weighted by Gasteiger charge is -2.34. The Morgan fingerprint density at radius 3 is 2.43 bits per heavy atom. The van der Waals surface area contributed by atoms with Crippen molar-refractivity contribution in [1.82, 2.24) is 18.8 Å². The minimum Gasteiger partial charge on any atom is -0.358 e. The highest BCUT2D eigenvalue weighted by Crippen LogP contribution is 2.20. The molecule has 1 fully saturated rings. The molecule has 11 heteroatoms. The molecule has 150 valence electrons. The highest BCUT2D eigenvalue weighted by molar-refractivity contribution is 7.89. The van der Waals surface area contributed by atoms with E-state index in [2.05, 4.69) is 4.98 Å². The van der Waals surface area contributed by atoms with Crippen molar-refractivity contribution in [2.24, 2.45) is 0 Å². The molecule has 0 saturated carbocycles. The van der Waals surface area contributed by atoms with Crippen molar-refractivity contribution in [2.75, 3.05) is 26.2 Å². The number of rotatable bonds is 5. The molecule has 0 aliphatic carbocycles. The van der Waals surface area contributed by atoms with Crippen LogP contribution in [-0.2, 0) is 21.4 Å². The Bertz CT molecular complexity index is 1010. The van der Waals surface area contributed by atoms with Gasteiger partial charge in [0.15, 0.2) is 0 Å². The highest BCUT2D eigenvalue weighted by atomic mass is 32.2. The van der Waals surface area contributed by atoms with Gasteiger partial charge in [-0.2, -0.15) is 4.31 Å². The van der Waals surface area contributed by atoms with Gasteiger partial charge in [-0.1, -0.05) is 6.07 Å². The molecule has 0 bridgehead atoms. The first-order chi connectivity index (χ1) is 13.2. The zero-order chi connectivity index (χ0) is 20.5. The first-order valence-electron chi connectivity index (χ1n) is 8.70. The van der Waals surface area contributed by atoms with Gasteiger partial charge in [0.05, 0.1) is 4.90 Å². The smallest absolute Gasteiger partial charge is 0.358 e. The van der Waals surface area contributed by atoms with E-state index in [9.17, 15) is 23.3 Å². The van der Waals surface area contributed by atoms with Crippen molar-refractivity contribution in [3.8, 4) is 0 Å². The fourth-order valence-electron chi connectivity index (χ4n) is 2.99. The van der Waals surface area contributed by atoms with Gasteiger partial charge in [-0.05, 0) is 47.0 Å². The van der Waals surface area contributed by atoms with E-state index in [0.717, 1.165) is 11.1 Å². The zero-order valence-electron chi connectivity index (χ0n) is 15.6. The van der Waals surface area contributed by atoms with Crippen LogP contribution in [0.1, 0.15) is 11.1 Å². The maximum absolute atomic E-state index is 12.8. The van der Waals surface area contributed by atoms with Gasteiger partial charge in [0.25, 0.3) is 0 Å².